The van der Waals surface area contributed by atoms with Gasteiger partial charge in [-0.1, -0.05) is 35.9 Å². The lowest BCUT2D eigenvalue weighted by atomic mass is 10.1. The Balaban J connectivity index is 1.60. The minimum absolute atomic E-state index is 0.0302. The number of amides is 1. The number of imidazole rings is 1. The van der Waals surface area contributed by atoms with Gasteiger partial charge in [0, 0.05) is 27.1 Å². The first-order valence-corrected chi connectivity index (χ1v) is 8.42. The van der Waals surface area contributed by atoms with Gasteiger partial charge >= 0.3 is 5.69 Å². The normalized spacial score (nSPS) is 11.0. The Morgan fingerprint density at radius 1 is 0.960 bits per heavy atom. The topological polar surface area (TPSA) is 56.0 Å². The minimum atomic E-state index is -0.0470. The second kappa shape index (κ2) is 6.97. The average Bonchev–Trinajstić information content (AvgIpc) is 2.83. The molecule has 130 valence electrons. The molecule has 0 bridgehead atoms. The number of benzene rings is 2. The Labute approximate surface area is 146 Å². The third-order valence-electron chi connectivity index (χ3n) is 4.59. The van der Waals surface area contributed by atoms with E-state index in [2.05, 4.69) is 36.5 Å². The van der Waals surface area contributed by atoms with Gasteiger partial charge in [0.05, 0.1) is 11.0 Å². The maximum atomic E-state index is 12.1. The van der Waals surface area contributed by atoms with E-state index in [4.69, 9.17) is 0 Å². The highest BCUT2D eigenvalue weighted by Crippen LogP contribution is 2.14. The van der Waals surface area contributed by atoms with Crippen molar-refractivity contribution in [2.24, 2.45) is 14.1 Å². The van der Waals surface area contributed by atoms with Crippen molar-refractivity contribution < 1.29 is 4.79 Å². The third kappa shape index (κ3) is 3.65. The first-order chi connectivity index (χ1) is 12.0. The number of carbonyl (C=O) groups is 1. The number of aromatic nitrogens is 2. The summed E-state index contributed by atoms with van der Waals surface area (Å²) in [5.74, 6) is 0.0302. The first kappa shape index (κ1) is 17.0. The first-order valence-electron chi connectivity index (χ1n) is 8.42. The SMILES string of the molecule is Cc1ccc(CCC(=O)NCc2ccc3c(c2)n(C)c(=O)n3C)cc1. The van der Waals surface area contributed by atoms with Gasteiger partial charge in [0.2, 0.25) is 5.91 Å². The molecule has 3 aromatic rings. The highest BCUT2D eigenvalue weighted by atomic mass is 16.2. The largest absolute Gasteiger partial charge is 0.352 e. The summed E-state index contributed by atoms with van der Waals surface area (Å²) in [6, 6.07) is 14.1. The van der Waals surface area contributed by atoms with E-state index >= 15 is 0 Å². The lowest BCUT2D eigenvalue weighted by Crippen LogP contribution is -2.23. The maximum absolute atomic E-state index is 12.1. The molecule has 0 saturated heterocycles. The van der Waals surface area contributed by atoms with Gasteiger partial charge in [-0.15, -0.1) is 0 Å². The van der Waals surface area contributed by atoms with Crippen LogP contribution < -0.4 is 11.0 Å². The molecule has 0 spiro atoms. The number of nitrogens with zero attached hydrogens (tertiary/aromatic N) is 2. The monoisotopic (exact) mass is 337 g/mol. The second-order valence-electron chi connectivity index (χ2n) is 6.49. The van der Waals surface area contributed by atoms with E-state index in [-0.39, 0.29) is 11.6 Å². The number of hydrogen-bond acceptors (Lipinski definition) is 2. The van der Waals surface area contributed by atoms with Crippen molar-refractivity contribution in [2.45, 2.75) is 26.3 Å². The lowest BCUT2D eigenvalue weighted by molar-refractivity contribution is -0.121. The fourth-order valence-corrected chi connectivity index (χ4v) is 2.96. The van der Waals surface area contributed by atoms with Crippen LogP contribution in [0.4, 0.5) is 0 Å². The molecule has 0 radical (unpaired) electrons. The number of carbonyl (C=O) groups excluding carboxylic acids is 1. The molecule has 5 heteroatoms. The summed E-state index contributed by atoms with van der Waals surface area (Å²) in [5, 5.41) is 2.95. The molecular weight excluding hydrogens is 314 g/mol. The summed E-state index contributed by atoms with van der Waals surface area (Å²) in [4.78, 5) is 24.0. The van der Waals surface area contributed by atoms with Crippen LogP contribution in [0, 0.1) is 6.92 Å². The van der Waals surface area contributed by atoms with Crippen LogP contribution in [0.25, 0.3) is 11.0 Å². The molecule has 25 heavy (non-hydrogen) atoms. The predicted octanol–water partition coefficient (Wildman–Crippen LogP) is 2.43. The van der Waals surface area contributed by atoms with E-state index in [0.29, 0.717) is 13.0 Å². The molecule has 0 aliphatic rings. The molecule has 0 aliphatic carbocycles. The van der Waals surface area contributed by atoms with E-state index in [9.17, 15) is 9.59 Å². The van der Waals surface area contributed by atoms with Crippen LogP contribution in [0.5, 0.6) is 0 Å². The fourth-order valence-electron chi connectivity index (χ4n) is 2.96. The van der Waals surface area contributed by atoms with Gasteiger partial charge in [-0.2, -0.15) is 0 Å². The standard InChI is InChI=1S/C20H23N3O2/c1-14-4-6-15(7-5-14)9-11-19(24)21-13-16-8-10-17-18(12-16)23(3)20(25)22(17)2/h4-8,10,12H,9,11,13H2,1-3H3,(H,21,24). The molecule has 0 saturated carbocycles. The van der Waals surface area contributed by atoms with E-state index < -0.39 is 0 Å². The maximum Gasteiger partial charge on any atom is 0.328 e. The number of nitrogens with one attached hydrogen (secondary N) is 1. The Hall–Kier alpha value is -2.82. The van der Waals surface area contributed by atoms with E-state index in [0.717, 1.165) is 23.0 Å². The molecule has 3 rings (SSSR count). The lowest BCUT2D eigenvalue weighted by Gasteiger charge is -2.07. The van der Waals surface area contributed by atoms with Crippen molar-refractivity contribution >= 4 is 16.9 Å². The smallest absolute Gasteiger partial charge is 0.328 e. The Morgan fingerprint density at radius 2 is 1.60 bits per heavy atom. The van der Waals surface area contributed by atoms with E-state index in [1.807, 2.05) is 18.2 Å². The summed E-state index contributed by atoms with van der Waals surface area (Å²) in [6.45, 7) is 2.52. The third-order valence-corrected chi connectivity index (χ3v) is 4.59. The second-order valence-corrected chi connectivity index (χ2v) is 6.49. The molecule has 1 amide bonds. The summed E-state index contributed by atoms with van der Waals surface area (Å²) in [5.41, 5.74) is 5.09. The molecular formula is C20H23N3O2. The van der Waals surface area contributed by atoms with Crippen molar-refractivity contribution in [3.63, 3.8) is 0 Å². The molecule has 0 aliphatic heterocycles. The van der Waals surface area contributed by atoms with Gasteiger partial charge in [0.25, 0.3) is 0 Å². The molecule has 0 atom stereocenters. The summed E-state index contributed by atoms with van der Waals surface area (Å²) < 4.78 is 3.25. The molecule has 0 fully saturated rings. The molecule has 2 aromatic carbocycles. The summed E-state index contributed by atoms with van der Waals surface area (Å²) >= 11 is 0. The van der Waals surface area contributed by atoms with Crippen molar-refractivity contribution in [2.75, 3.05) is 0 Å². The van der Waals surface area contributed by atoms with Crippen LogP contribution in [-0.4, -0.2) is 15.0 Å². The van der Waals surface area contributed by atoms with Gasteiger partial charge in [-0.3, -0.25) is 13.9 Å². The number of fused-ring (bicyclic) bond motifs is 1. The zero-order valence-electron chi connectivity index (χ0n) is 14.9. The van der Waals surface area contributed by atoms with Gasteiger partial charge in [0.15, 0.2) is 0 Å². The van der Waals surface area contributed by atoms with Crippen LogP contribution in [0.3, 0.4) is 0 Å². The highest BCUT2D eigenvalue weighted by Gasteiger charge is 2.09. The minimum Gasteiger partial charge on any atom is -0.352 e. The molecule has 1 heterocycles. The average molecular weight is 337 g/mol. The van der Waals surface area contributed by atoms with Crippen molar-refractivity contribution in [1.82, 2.24) is 14.5 Å². The van der Waals surface area contributed by atoms with Crippen LogP contribution >= 0.6 is 0 Å². The molecule has 1 aromatic heterocycles. The zero-order chi connectivity index (χ0) is 18.0. The highest BCUT2D eigenvalue weighted by molar-refractivity contribution is 5.78. The number of aryl methyl sites for hydroxylation is 4. The van der Waals surface area contributed by atoms with Gasteiger partial charge in [-0.25, -0.2) is 4.79 Å². The quantitative estimate of drug-likeness (QED) is 0.777. The summed E-state index contributed by atoms with van der Waals surface area (Å²) in [6.07, 6.45) is 1.20. The van der Waals surface area contributed by atoms with E-state index in [1.54, 1.807) is 23.2 Å². The number of hydrogen-bond donors (Lipinski definition) is 1. The fraction of sp³-hybridized carbons (Fsp3) is 0.300. The van der Waals surface area contributed by atoms with Crippen molar-refractivity contribution in [3.8, 4) is 0 Å². The van der Waals surface area contributed by atoms with Crippen LogP contribution in [0.15, 0.2) is 47.3 Å². The van der Waals surface area contributed by atoms with Gasteiger partial charge < -0.3 is 5.32 Å². The Bertz CT molecular complexity index is 965. The van der Waals surface area contributed by atoms with Crippen LogP contribution in [0.1, 0.15) is 23.1 Å². The predicted molar refractivity (Wildman–Crippen MR) is 99.5 cm³/mol. The van der Waals surface area contributed by atoms with Crippen LogP contribution in [0.2, 0.25) is 0 Å². The molecule has 5 nitrogen and oxygen atoms in total. The van der Waals surface area contributed by atoms with E-state index in [1.165, 1.54) is 11.1 Å². The van der Waals surface area contributed by atoms with Gasteiger partial charge in [-0.05, 0) is 36.6 Å². The van der Waals surface area contributed by atoms with Crippen LogP contribution in [-0.2, 0) is 31.9 Å². The van der Waals surface area contributed by atoms with Crippen molar-refractivity contribution in [1.29, 1.82) is 0 Å². The van der Waals surface area contributed by atoms with Crippen molar-refractivity contribution in [3.05, 3.63) is 69.6 Å². The zero-order valence-corrected chi connectivity index (χ0v) is 14.9. The Morgan fingerprint density at radius 3 is 2.32 bits per heavy atom. The molecule has 0 unspecified atom stereocenters. The molecule has 1 N–H and O–H groups in total. The van der Waals surface area contributed by atoms with Gasteiger partial charge in [0.1, 0.15) is 0 Å². The Kier molecular flexibility index (Phi) is 4.74. The number of rotatable bonds is 5. The summed E-state index contributed by atoms with van der Waals surface area (Å²) in [7, 11) is 3.52.